The second-order valence-corrected chi connectivity index (χ2v) is 7.42. The predicted octanol–water partition coefficient (Wildman–Crippen LogP) is 2.59. The third-order valence-corrected chi connectivity index (χ3v) is 3.17. The van der Waals surface area contributed by atoms with Crippen LogP contribution in [-0.4, -0.2) is 14.9 Å². The number of hydrogen-bond acceptors (Lipinski definition) is 1. The van der Waals surface area contributed by atoms with Crippen LogP contribution < -0.4 is 0 Å². The summed E-state index contributed by atoms with van der Waals surface area (Å²) in [6.07, 6.45) is 0. The van der Waals surface area contributed by atoms with Gasteiger partial charge in [-0.3, -0.25) is 0 Å². The fourth-order valence-corrected chi connectivity index (χ4v) is 1.32. The Hall–Kier alpha value is -0.0831. The van der Waals surface area contributed by atoms with Gasteiger partial charge in [0.1, 0.15) is 0 Å². The molecule has 0 aliphatic rings. The van der Waals surface area contributed by atoms with Gasteiger partial charge >= 0.3 is 0 Å². The maximum atomic E-state index is 5.66. The minimum atomic E-state index is -1.48. The molecule has 60 valence electrons. The quantitative estimate of drug-likeness (QED) is 0.571. The summed E-state index contributed by atoms with van der Waals surface area (Å²) in [6.45, 7) is 13.2. The summed E-state index contributed by atoms with van der Waals surface area (Å²) in [5, 5.41) is 0. The molecule has 10 heavy (non-hydrogen) atoms. The highest BCUT2D eigenvalue weighted by molar-refractivity contribution is 6.76. The van der Waals surface area contributed by atoms with Gasteiger partial charge in [-0.2, -0.15) is 0 Å². The van der Waals surface area contributed by atoms with Gasteiger partial charge in [0.2, 0.25) is 8.32 Å². The Morgan fingerprint density at radius 1 is 1.50 bits per heavy atom. The lowest BCUT2D eigenvalue weighted by Gasteiger charge is -2.19. The van der Waals surface area contributed by atoms with Crippen LogP contribution in [0.3, 0.4) is 0 Å². The number of rotatable bonds is 4. The summed E-state index contributed by atoms with van der Waals surface area (Å²) in [5.74, 6) is 0.631. The van der Waals surface area contributed by atoms with E-state index in [1.54, 1.807) is 0 Å². The SMILES string of the molecule is C=C[Si](C)(C)OCC(C)C. The van der Waals surface area contributed by atoms with Crippen LogP contribution in [0.15, 0.2) is 12.3 Å². The third kappa shape index (κ3) is 4.76. The fraction of sp³-hybridized carbons (Fsp3) is 0.750. The van der Waals surface area contributed by atoms with E-state index >= 15 is 0 Å². The molecular formula is C8H18OSi. The lowest BCUT2D eigenvalue weighted by Crippen LogP contribution is -2.29. The summed E-state index contributed by atoms with van der Waals surface area (Å²) in [4.78, 5) is 0. The molecule has 0 atom stereocenters. The Kier molecular flexibility index (Phi) is 3.90. The van der Waals surface area contributed by atoms with Crippen molar-refractivity contribution in [1.82, 2.24) is 0 Å². The highest BCUT2D eigenvalue weighted by Gasteiger charge is 2.16. The van der Waals surface area contributed by atoms with E-state index in [1.807, 2.05) is 5.70 Å². The molecule has 1 nitrogen and oxygen atoms in total. The summed E-state index contributed by atoms with van der Waals surface area (Å²) < 4.78 is 5.66. The lowest BCUT2D eigenvalue weighted by molar-refractivity contribution is 0.267. The molecule has 0 N–H and O–H groups in total. The van der Waals surface area contributed by atoms with E-state index in [2.05, 4.69) is 33.5 Å². The van der Waals surface area contributed by atoms with E-state index in [9.17, 15) is 0 Å². The normalized spacial score (nSPS) is 12.1. The van der Waals surface area contributed by atoms with Crippen LogP contribution in [0, 0.1) is 5.92 Å². The molecule has 0 aliphatic heterocycles. The Bertz CT molecular complexity index is 108. The van der Waals surface area contributed by atoms with Crippen molar-refractivity contribution in [2.24, 2.45) is 5.92 Å². The van der Waals surface area contributed by atoms with Crippen LogP contribution >= 0.6 is 0 Å². The maximum Gasteiger partial charge on any atom is 0.210 e. The molecule has 0 amide bonds. The average Bonchev–Trinajstić information content (AvgIpc) is 1.85. The van der Waals surface area contributed by atoms with Crippen molar-refractivity contribution in [3.05, 3.63) is 12.3 Å². The molecule has 0 saturated heterocycles. The second kappa shape index (κ2) is 3.94. The highest BCUT2D eigenvalue weighted by atomic mass is 28.4. The van der Waals surface area contributed by atoms with Crippen LogP contribution in [0.1, 0.15) is 13.8 Å². The standard InChI is InChI=1S/C8H18OSi/c1-6-10(4,5)9-7-8(2)3/h6,8H,1,7H2,2-5H3. The van der Waals surface area contributed by atoms with E-state index in [0.29, 0.717) is 5.92 Å². The van der Waals surface area contributed by atoms with Gasteiger partial charge in [0.15, 0.2) is 0 Å². The summed E-state index contributed by atoms with van der Waals surface area (Å²) in [7, 11) is -1.48. The first-order chi connectivity index (χ1) is 4.48. The van der Waals surface area contributed by atoms with Crippen LogP contribution in [0.5, 0.6) is 0 Å². The summed E-state index contributed by atoms with van der Waals surface area (Å²) in [6, 6.07) is 0. The van der Waals surface area contributed by atoms with Crippen molar-refractivity contribution in [2.45, 2.75) is 26.9 Å². The predicted molar refractivity (Wildman–Crippen MR) is 48.5 cm³/mol. The van der Waals surface area contributed by atoms with Gasteiger partial charge in [-0.15, -0.1) is 6.58 Å². The minimum Gasteiger partial charge on any atom is -0.413 e. The molecule has 0 aliphatic carbocycles. The first-order valence-corrected chi connectivity index (χ1v) is 6.74. The Balaban J connectivity index is 3.56. The zero-order chi connectivity index (χ0) is 8.20. The van der Waals surface area contributed by atoms with Crippen molar-refractivity contribution < 1.29 is 4.43 Å². The van der Waals surface area contributed by atoms with Gasteiger partial charge in [0, 0.05) is 6.61 Å². The van der Waals surface area contributed by atoms with Crippen molar-refractivity contribution in [3.63, 3.8) is 0 Å². The third-order valence-electron chi connectivity index (χ3n) is 1.28. The van der Waals surface area contributed by atoms with E-state index in [4.69, 9.17) is 4.43 Å². The maximum absolute atomic E-state index is 5.66. The van der Waals surface area contributed by atoms with Crippen LogP contribution in [0.4, 0.5) is 0 Å². The monoisotopic (exact) mass is 158 g/mol. The van der Waals surface area contributed by atoms with E-state index in [-0.39, 0.29) is 0 Å². The zero-order valence-electron chi connectivity index (χ0n) is 7.48. The molecule has 0 aromatic carbocycles. The Morgan fingerprint density at radius 3 is 2.30 bits per heavy atom. The first-order valence-electron chi connectivity index (χ1n) is 3.75. The van der Waals surface area contributed by atoms with Gasteiger partial charge in [-0.25, -0.2) is 0 Å². The molecule has 0 saturated carbocycles. The lowest BCUT2D eigenvalue weighted by atomic mass is 10.2. The van der Waals surface area contributed by atoms with Gasteiger partial charge in [0.05, 0.1) is 0 Å². The van der Waals surface area contributed by atoms with Crippen LogP contribution in [0.25, 0.3) is 0 Å². The molecule has 0 radical (unpaired) electrons. The van der Waals surface area contributed by atoms with Crippen LogP contribution in [0.2, 0.25) is 13.1 Å². The van der Waals surface area contributed by atoms with E-state index < -0.39 is 8.32 Å². The first kappa shape index (κ1) is 9.92. The van der Waals surface area contributed by atoms with Gasteiger partial charge in [0.25, 0.3) is 0 Å². The highest BCUT2D eigenvalue weighted by Crippen LogP contribution is 2.06. The van der Waals surface area contributed by atoms with Gasteiger partial charge < -0.3 is 4.43 Å². The molecular weight excluding hydrogens is 140 g/mol. The van der Waals surface area contributed by atoms with E-state index in [1.165, 1.54) is 0 Å². The van der Waals surface area contributed by atoms with Crippen LogP contribution in [-0.2, 0) is 4.43 Å². The zero-order valence-corrected chi connectivity index (χ0v) is 8.48. The smallest absolute Gasteiger partial charge is 0.210 e. The number of hydrogen-bond donors (Lipinski definition) is 0. The van der Waals surface area contributed by atoms with Crippen molar-refractivity contribution in [2.75, 3.05) is 6.61 Å². The molecule has 0 aromatic rings. The average molecular weight is 158 g/mol. The molecule has 0 heterocycles. The van der Waals surface area contributed by atoms with Gasteiger partial charge in [-0.1, -0.05) is 19.5 Å². The summed E-state index contributed by atoms with van der Waals surface area (Å²) >= 11 is 0. The minimum absolute atomic E-state index is 0.631. The topological polar surface area (TPSA) is 9.23 Å². The largest absolute Gasteiger partial charge is 0.413 e. The van der Waals surface area contributed by atoms with Crippen molar-refractivity contribution in [3.8, 4) is 0 Å². The Labute approximate surface area is 65.2 Å². The second-order valence-electron chi connectivity index (χ2n) is 3.51. The van der Waals surface area contributed by atoms with Crippen molar-refractivity contribution >= 4 is 8.32 Å². The summed E-state index contributed by atoms with van der Waals surface area (Å²) in [5.41, 5.74) is 1.97. The van der Waals surface area contributed by atoms with Gasteiger partial charge in [-0.05, 0) is 19.0 Å². The van der Waals surface area contributed by atoms with Crippen molar-refractivity contribution in [1.29, 1.82) is 0 Å². The molecule has 2 heteroatoms. The molecule has 0 unspecified atom stereocenters. The molecule has 0 aromatic heterocycles. The fourth-order valence-electron chi connectivity index (χ4n) is 0.440. The molecule has 0 bridgehead atoms. The Morgan fingerprint density at radius 2 is 2.00 bits per heavy atom. The molecule has 0 rings (SSSR count). The molecule has 0 spiro atoms. The molecule has 0 fully saturated rings. The van der Waals surface area contributed by atoms with E-state index in [0.717, 1.165) is 6.61 Å².